The maximum Gasteiger partial charge on any atom is 0.119 e. The third-order valence-electron chi connectivity index (χ3n) is 4.26. The second-order valence-corrected chi connectivity index (χ2v) is 7.11. The number of halogens is 1. The molecule has 0 bridgehead atoms. The van der Waals surface area contributed by atoms with Crippen molar-refractivity contribution in [1.29, 1.82) is 0 Å². The molecule has 0 spiro atoms. The molecule has 0 fully saturated rings. The van der Waals surface area contributed by atoms with Crippen molar-refractivity contribution in [3.8, 4) is 11.5 Å². The summed E-state index contributed by atoms with van der Waals surface area (Å²) < 4.78 is 11.4. The zero-order valence-electron chi connectivity index (χ0n) is 15.2. The number of fused-ring (bicyclic) bond motifs is 2. The summed E-state index contributed by atoms with van der Waals surface area (Å²) in [6, 6.07) is 21.7. The van der Waals surface area contributed by atoms with E-state index in [-0.39, 0.29) is 0 Å². The molecular weight excluding hydrogens is 451 g/mol. The molecule has 4 aromatic rings. The lowest BCUT2D eigenvalue weighted by Crippen LogP contribution is -1.90. The first-order valence-corrected chi connectivity index (χ1v) is 9.44. The maximum absolute atomic E-state index is 5.83. The molecule has 0 heterocycles. The van der Waals surface area contributed by atoms with Gasteiger partial charge >= 0.3 is 0 Å². The Morgan fingerprint density at radius 2 is 1.26 bits per heavy atom. The van der Waals surface area contributed by atoms with Crippen molar-refractivity contribution in [3.05, 3.63) is 70.3 Å². The fourth-order valence-electron chi connectivity index (χ4n) is 2.78. The molecule has 0 aliphatic rings. The Kier molecular flexibility index (Phi) is 5.91. The SMILES string of the molecule is COc1ccc2ccc(N)c(I)c2c1.COc1ccc2ccc(N)cc2c1. The van der Waals surface area contributed by atoms with E-state index in [1.54, 1.807) is 14.2 Å². The lowest BCUT2D eigenvalue weighted by atomic mass is 10.1. The Morgan fingerprint density at radius 1 is 0.667 bits per heavy atom. The summed E-state index contributed by atoms with van der Waals surface area (Å²) >= 11 is 2.26. The summed E-state index contributed by atoms with van der Waals surface area (Å²) in [5.41, 5.74) is 13.1. The molecule has 0 unspecified atom stereocenters. The highest BCUT2D eigenvalue weighted by atomic mass is 127. The van der Waals surface area contributed by atoms with E-state index < -0.39 is 0 Å². The molecule has 4 rings (SSSR count). The quantitative estimate of drug-likeness (QED) is 0.300. The first kappa shape index (κ1) is 19.1. The molecule has 0 saturated heterocycles. The summed E-state index contributed by atoms with van der Waals surface area (Å²) in [4.78, 5) is 0. The number of nitrogens with two attached hydrogens (primary N) is 2. The monoisotopic (exact) mass is 472 g/mol. The van der Waals surface area contributed by atoms with Gasteiger partial charge in [0.2, 0.25) is 0 Å². The molecule has 0 saturated carbocycles. The Labute approximate surface area is 172 Å². The Bertz CT molecular complexity index is 1100. The second-order valence-electron chi connectivity index (χ2n) is 6.03. The molecule has 0 aromatic heterocycles. The molecule has 0 radical (unpaired) electrons. The van der Waals surface area contributed by atoms with Gasteiger partial charge in [-0.15, -0.1) is 0 Å². The van der Waals surface area contributed by atoms with Crippen molar-refractivity contribution >= 4 is 55.5 Å². The summed E-state index contributed by atoms with van der Waals surface area (Å²) in [5, 5.41) is 4.61. The number of anilines is 2. The summed E-state index contributed by atoms with van der Waals surface area (Å²) in [6.07, 6.45) is 0. The Morgan fingerprint density at radius 3 is 1.96 bits per heavy atom. The predicted octanol–water partition coefficient (Wildman–Crippen LogP) is 5.47. The van der Waals surface area contributed by atoms with Crippen LogP contribution in [0.15, 0.2) is 66.7 Å². The van der Waals surface area contributed by atoms with Gasteiger partial charge in [-0.05, 0) is 81.2 Å². The van der Waals surface area contributed by atoms with E-state index in [0.29, 0.717) is 0 Å². The molecular formula is C22H21IN2O2. The van der Waals surface area contributed by atoms with Crippen molar-refractivity contribution < 1.29 is 9.47 Å². The van der Waals surface area contributed by atoms with E-state index in [9.17, 15) is 0 Å². The third kappa shape index (κ3) is 4.36. The number of rotatable bonds is 2. The van der Waals surface area contributed by atoms with Crippen LogP contribution < -0.4 is 20.9 Å². The van der Waals surface area contributed by atoms with Crippen molar-refractivity contribution in [2.24, 2.45) is 0 Å². The molecule has 0 aliphatic heterocycles. The van der Waals surface area contributed by atoms with Crippen LogP contribution in [0.4, 0.5) is 11.4 Å². The highest BCUT2D eigenvalue weighted by molar-refractivity contribution is 14.1. The zero-order chi connectivity index (χ0) is 19.4. The molecule has 27 heavy (non-hydrogen) atoms. The van der Waals surface area contributed by atoms with E-state index in [1.807, 2.05) is 66.7 Å². The van der Waals surface area contributed by atoms with Gasteiger partial charge < -0.3 is 20.9 Å². The van der Waals surface area contributed by atoms with Crippen molar-refractivity contribution in [2.45, 2.75) is 0 Å². The predicted molar refractivity (Wildman–Crippen MR) is 123 cm³/mol. The number of nitrogen functional groups attached to an aromatic ring is 2. The number of methoxy groups -OCH3 is 2. The van der Waals surface area contributed by atoms with Gasteiger partial charge in [0.1, 0.15) is 11.5 Å². The van der Waals surface area contributed by atoms with Crippen LogP contribution in [0, 0.1) is 3.57 Å². The molecule has 4 nitrogen and oxygen atoms in total. The topological polar surface area (TPSA) is 70.5 Å². The van der Waals surface area contributed by atoms with Crippen LogP contribution in [0.3, 0.4) is 0 Å². The lowest BCUT2D eigenvalue weighted by molar-refractivity contribution is 0.415. The van der Waals surface area contributed by atoms with Crippen LogP contribution in [0.2, 0.25) is 0 Å². The third-order valence-corrected chi connectivity index (χ3v) is 5.47. The largest absolute Gasteiger partial charge is 0.497 e. The van der Waals surface area contributed by atoms with Crippen LogP contribution in [0.1, 0.15) is 0 Å². The number of benzene rings is 4. The minimum absolute atomic E-state index is 0.778. The van der Waals surface area contributed by atoms with E-state index in [2.05, 4.69) is 22.6 Å². The molecule has 138 valence electrons. The number of hydrogen-bond acceptors (Lipinski definition) is 4. The van der Waals surface area contributed by atoms with Gasteiger partial charge in [-0.3, -0.25) is 0 Å². The van der Waals surface area contributed by atoms with Crippen molar-refractivity contribution in [3.63, 3.8) is 0 Å². The number of hydrogen-bond donors (Lipinski definition) is 2. The molecule has 4 aromatic carbocycles. The second kappa shape index (κ2) is 8.35. The highest BCUT2D eigenvalue weighted by Crippen LogP contribution is 2.28. The Balaban J connectivity index is 0.000000156. The first-order valence-electron chi connectivity index (χ1n) is 8.37. The average molecular weight is 472 g/mol. The summed E-state index contributed by atoms with van der Waals surface area (Å²) in [7, 11) is 3.33. The molecule has 0 aliphatic carbocycles. The minimum Gasteiger partial charge on any atom is -0.497 e. The van der Waals surface area contributed by atoms with Crippen LogP contribution in [-0.2, 0) is 0 Å². The van der Waals surface area contributed by atoms with Gasteiger partial charge in [-0.25, -0.2) is 0 Å². The Hall–Kier alpha value is -2.67. The molecule has 5 heteroatoms. The minimum atomic E-state index is 0.778. The van der Waals surface area contributed by atoms with Crippen molar-refractivity contribution in [1.82, 2.24) is 0 Å². The highest BCUT2D eigenvalue weighted by Gasteiger charge is 2.03. The summed E-state index contributed by atoms with van der Waals surface area (Å²) in [6.45, 7) is 0. The lowest BCUT2D eigenvalue weighted by Gasteiger charge is -2.06. The molecule has 4 N–H and O–H groups in total. The zero-order valence-corrected chi connectivity index (χ0v) is 17.4. The van der Waals surface area contributed by atoms with Gasteiger partial charge in [0.15, 0.2) is 0 Å². The standard InChI is InChI=1S/C11H10INO.C11H11NO/c1-14-8-4-2-7-3-5-10(13)11(12)9(7)6-8;1-13-11-5-3-8-2-4-10(12)6-9(8)7-11/h2-6H,13H2,1H3;2-7H,12H2,1H3. The molecule has 0 atom stereocenters. The first-order chi connectivity index (χ1) is 13.0. The van der Waals surface area contributed by atoms with Crippen LogP contribution in [0.25, 0.3) is 21.5 Å². The van der Waals surface area contributed by atoms with E-state index in [1.165, 1.54) is 10.8 Å². The maximum atomic E-state index is 5.83. The van der Waals surface area contributed by atoms with Gasteiger partial charge in [0, 0.05) is 20.3 Å². The van der Waals surface area contributed by atoms with Gasteiger partial charge in [0.25, 0.3) is 0 Å². The van der Waals surface area contributed by atoms with Gasteiger partial charge in [0.05, 0.1) is 14.2 Å². The van der Waals surface area contributed by atoms with E-state index in [4.69, 9.17) is 20.9 Å². The fraction of sp³-hybridized carbons (Fsp3) is 0.0909. The molecule has 0 amide bonds. The van der Waals surface area contributed by atoms with Crippen molar-refractivity contribution in [2.75, 3.05) is 25.7 Å². The van der Waals surface area contributed by atoms with Gasteiger partial charge in [-0.2, -0.15) is 0 Å². The fourth-order valence-corrected chi connectivity index (χ4v) is 3.42. The summed E-state index contributed by atoms with van der Waals surface area (Å²) in [5.74, 6) is 1.72. The average Bonchev–Trinajstić information content (AvgIpc) is 2.70. The van der Waals surface area contributed by atoms with E-state index >= 15 is 0 Å². The van der Waals surface area contributed by atoms with E-state index in [0.717, 1.165) is 37.2 Å². The van der Waals surface area contributed by atoms with Gasteiger partial charge in [-0.1, -0.05) is 24.3 Å². The van der Waals surface area contributed by atoms with Crippen LogP contribution in [-0.4, -0.2) is 14.2 Å². The van der Waals surface area contributed by atoms with Crippen LogP contribution in [0.5, 0.6) is 11.5 Å². The van der Waals surface area contributed by atoms with Crippen LogP contribution >= 0.6 is 22.6 Å². The smallest absolute Gasteiger partial charge is 0.119 e. The number of ether oxygens (including phenoxy) is 2. The normalized spacial score (nSPS) is 10.3.